The van der Waals surface area contributed by atoms with Crippen molar-refractivity contribution in [1.82, 2.24) is 4.98 Å². The van der Waals surface area contributed by atoms with Crippen LogP contribution in [0.5, 0.6) is 5.88 Å². The van der Waals surface area contributed by atoms with Gasteiger partial charge < -0.3 is 14.8 Å². The van der Waals surface area contributed by atoms with Gasteiger partial charge in [0, 0.05) is 25.8 Å². The van der Waals surface area contributed by atoms with Crippen molar-refractivity contribution < 1.29 is 9.47 Å². The van der Waals surface area contributed by atoms with Crippen LogP contribution < -0.4 is 10.1 Å². The highest BCUT2D eigenvalue weighted by molar-refractivity contribution is 5.36. The third-order valence-electron chi connectivity index (χ3n) is 1.99. The molecule has 0 radical (unpaired) electrons. The molecule has 1 aromatic rings. The number of rotatable bonds is 8. The van der Waals surface area contributed by atoms with Crippen LogP contribution in [0.4, 0.5) is 5.82 Å². The molecular formula is C12H20N2O2. The number of anilines is 1. The molecule has 0 aliphatic rings. The van der Waals surface area contributed by atoms with Crippen LogP contribution in [-0.4, -0.2) is 31.3 Å². The number of hydrogen-bond donors (Lipinski definition) is 1. The van der Waals surface area contributed by atoms with E-state index in [0.717, 1.165) is 32.0 Å². The van der Waals surface area contributed by atoms with E-state index in [4.69, 9.17) is 9.47 Å². The minimum absolute atomic E-state index is 0.640. The molecule has 0 saturated carbocycles. The average Bonchev–Trinajstić information content (AvgIpc) is 2.30. The van der Waals surface area contributed by atoms with Gasteiger partial charge >= 0.3 is 0 Å². The number of aromatic nitrogens is 1. The Morgan fingerprint density at radius 2 is 2.12 bits per heavy atom. The van der Waals surface area contributed by atoms with Gasteiger partial charge in [0.05, 0.1) is 6.61 Å². The maximum absolute atomic E-state index is 5.32. The molecule has 0 spiro atoms. The van der Waals surface area contributed by atoms with Crippen LogP contribution in [-0.2, 0) is 4.74 Å². The summed E-state index contributed by atoms with van der Waals surface area (Å²) in [6, 6.07) is 5.72. The van der Waals surface area contributed by atoms with Gasteiger partial charge in [-0.1, -0.05) is 6.07 Å². The second-order valence-corrected chi connectivity index (χ2v) is 3.27. The lowest BCUT2D eigenvalue weighted by molar-refractivity contribution is 0.147. The van der Waals surface area contributed by atoms with E-state index in [1.165, 1.54) is 0 Å². The summed E-state index contributed by atoms with van der Waals surface area (Å²) >= 11 is 0. The second-order valence-electron chi connectivity index (χ2n) is 3.27. The summed E-state index contributed by atoms with van der Waals surface area (Å²) < 4.78 is 10.6. The third-order valence-corrected chi connectivity index (χ3v) is 1.99. The van der Waals surface area contributed by atoms with Crippen molar-refractivity contribution in [1.29, 1.82) is 0 Å². The molecule has 0 amide bonds. The fourth-order valence-corrected chi connectivity index (χ4v) is 1.28. The molecule has 0 aliphatic heterocycles. The summed E-state index contributed by atoms with van der Waals surface area (Å²) in [5.41, 5.74) is 0. The zero-order valence-corrected chi connectivity index (χ0v) is 10.0. The predicted molar refractivity (Wildman–Crippen MR) is 65.0 cm³/mol. The fraction of sp³-hybridized carbons (Fsp3) is 0.583. The van der Waals surface area contributed by atoms with Crippen molar-refractivity contribution in [3.63, 3.8) is 0 Å². The molecule has 0 aromatic carbocycles. The maximum atomic E-state index is 5.32. The number of ether oxygens (including phenoxy) is 2. The zero-order valence-electron chi connectivity index (χ0n) is 10.0. The van der Waals surface area contributed by atoms with Crippen molar-refractivity contribution in [3.05, 3.63) is 18.2 Å². The van der Waals surface area contributed by atoms with Crippen LogP contribution in [0.15, 0.2) is 18.2 Å². The number of hydrogen-bond acceptors (Lipinski definition) is 4. The average molecular weight is 224 g/mol. The Hall–Kier alpha value is -1.29. The van der Waals surface area contributed by atoms with E-state index in [0.29, 0.717) is 12.5 Å². The maximum Gasteiger partial charge on any atom is 0.215 e. The normalized spacial score (nSPS) is 10.1. The van der Waals surface area contributed by atoms with Gasteiger partial charge in [-0.05, 0) is 26.3 Å². The van der Waals surface area contributed by atoms with Gasteiger partial charge in [0.25, 0.3) is 0 Å². The van der Waals surface area contributed by atoms with E-state index >= 15 is 0 Å². The molecule has 1 rings (SSSR count). The largest absolute Gasteiger partial charge is 0.478 e. The Kier molecular flexibility index (Phi) is 6.33. The highest BCUT2D eigenvalue weighted by atomic mass is 16.5. The molecule has 1 heterocycles. The quantitative estimate of drug-likeness (QED) is 0.688. The Balaban J connectivity index is 2.27. The van der Waals surface area contributed by atoms with Crippen molar-refractivity contribution in [2.24, 2.45) is 0 Å². The molecule has 0 fully saturated rings. The van der Waals surface area contributed by atoms with Gasteiger partial charge in [-0.2, -0.15) is 4.98 Å². The molecule has 16 heavy (non-hydrogen) atoms. The zero-order chi connectivity index (χ0) is 11.6. The number of nitrogens with one attached hydrogen (secondary N) is 1. The summed E-state index contributed by atoms with van der Waals surface area (Å²) in [4.78, 5) is 4.31. The first-order valence-electron chi connectivity index (χ1n) is 5.78. The van der Waals surface area contributed by atoms with Gasteiger partial charge in [-0.25, -0.2) is 0 Å². The first-order valence-corrected chi connectivity index (χ1v) is 5.78. The van der Waals surface area contributed by atoms with Crippen molar-refractivity contribution in [2.75, 3.05) is 31.7 Å². The lowest BCUT2D eigenvalue weighted by atomic mass is 10.4. The fourth-order valence-electron chi connectivity index (χ4n) is 1.28. The Morgan fingerprint density at radius 1 is 1.25 bits per heavy atom. The van der Waals surface area contributed by atoms with Crippen LogP contribution in [0.3, 0.4) is 0 Å². The molecule has 4 nitrogen and oxygen atoms in total. The minimum Gasteiger partial charge on any atom is -0.478 e. The Bertz CT molecular complexity index is 292. The summed E-state index contributed by atoms with van der Waals surface area (Å²) in [5.74, 6) is 1.51. The molecule has 4 heteroatoms. The first kappa shape index (κ1) is 12.8. The molecule has 0 unspecified atom stereocenters. The predicted octanol–water partition coefficient (Wildman–Crippen LogP) is 2.32. The van der Waals surface area contributed by atoms with Gasteiger partial charge in [0.2, 0.25) is 5.88 Å². The standard InChI is InChI=1S/C12H20N2O2/c1-3-15-10-6-9-13-11-7-5-8-12(14-11)16-4-2/h5,7-8H,3-4,6,9-10H2,1-2H3,(H,13,14). The molecular weight excluding hydrogens is 204 g/mol. The topological polar surface area (TPSA) is 43.4 Å². The Labute approximate surface area is 97.0 Å². The first-order chi connectivity index (χ1) is 7.86. The minimum atomic E-state index is 0.640. The SMILES string of the molecule is CCOCCCNc1cccc(OCC)n1. The van der Waals surface area contributed by atoms with Crippen LogP contribution in [0.2, 0.25) is 0 Å². The van der Waals surface area contributed by atoms with Gasteiger partial charge in [-0.3, -0.25) is 0 Å². The van der Waals surface area contributed by atoms with Gasteiger partial charge in [-0.15, -0.1) is 0 Å². The highest BCUT2D eigenvalue weighted by Crippen LogP contribution is 2.10. The molecule has 1 aromatic heterocycles. The van der Waals surface area contributed by atoms with E-state index in [2.05, 4.69) is 10.3 Å². The molecule has 0 atom stereocenters. The number of nitrogens with zero attached hydrogens (tertiary/aromatic N) is 1. The molecule has 0 saturated heterocycles. The summed E-state index contributed by atoms with van der Waals surface area (Å²) in [5, 5.41) is 3.23. The summed E-state index contributed by atoms with van der Waals surface area (Å²) in [6.45, 7) is 7.01. The monoisotopic (exact) mass is 224 g/mol. The number of pyridine rings is 1. The van der Waals surface area contributed by atoms with Crippen LogP contribution in [0, 0.1) is 0 Å². The molecule has 90 valence electrons. The lowest BCUT2D eigenvalue weighted by Gasteiger charge is -2.07. The van der Waals surface area contributed by atoms with E-state index in [9.17, 15) is 0 Å². The summed E-state index contributed by atoms with van der Waals surface area (Å²) in [6.07, 6.45) is 0.981. The van der Waals surface area contributed by atoms with Crippen molar-refractivity contribution >= 4 is 5.82 Å². The molecule has 0 bridgehead atoms. The van der Waals surface area contributed by atoms with Gasteiger partial charge in [0.15, 0.2) is 0 Å². The van der Waals surface area contributed by atoms with Gasteiger partial charge in [0.1, 0.15) is 5.82 Å². The lowest BCUT2D eigenvalue weighted by Crippen LogP contribution is -2.07. The van der Waals surface area contributed by atoms with E-state index < -0.39 is 0 Å². The van der Waals surface area contributed by atoms with E-state index in [1.54, 1.807) is 0 Å². The van der Waals surface area contributed by atoms with Crippen LogP contribution in [0.1, 0.15) is 20.3 Å². The van der Waals surface area contributed by atoms with Crippen LogP contribution >= 0.6 is 0 Å². The molecule has 0 aliphatic carbocycles. The second kappa shape index (κ2) is 7.93. The summed E-state index contributed by atoms with van der Waals surface area (Å²) in [7, 11) is 0. The van der Waals surface area contributed by atoms with Crippen LogP contribution in [0.25, 0.3) is 0 Å². The van der Waals surface area contributed by atoms with E-state index in [1.807, 2.05) is 32.0 Å². The third kappa shape index (κ3) is 4.98. The molecule has 1 N–H and O–H groups in total. The smallest absolute Gasteiger partial charge is 0.215 e. The van der Waals surface area contributed by atoms with Crippen molar-refractivity contribution in [3.8, 4) is 5.88 Å². The Morgan fingerprint density at radius 3 is 2.88 bits per heavy atom. The van der Waals surface area contributed by atoms with E-state index in [-0.39, 0.29) is 0 Å². The van der Waals surface area contributed by atoms with Crippen molar-refractivity contribution in [2.45, 2.75) is 20.3 Å². The highest BCUT2D eigenvalue weighted by Gasteiger charge is 1.96.